The summed E-state index contributed by atoms with van der Waals surface area (Å²) < 4.78 is 7.22. The van der Waals surface area contributed by atoms with Crippen molar-refractivity contribution >= 4 is 45.8 Å². The molecule has 156 valence electrons. The zero-order chi connectivity index (χ0) is 21.3. The number of morpholine rings is 1. The van der Waals surface area contributed by atoms with Gasteiger partial charge >= 0.3 is 0 Å². The number of hydrogen-bond acceptors (Lipinski definition) is 5. The predicted octanol–water partition coefficient (Wildman–Crippen LogP) is 3.11. The molecule has 1 atom stereocenters. The summed E-state index contributed by atoms with van der Waals surface area (Å²) in [6, 6.07) is 7.37. The lowest BCUT2D eigenvalue weighted by molar-refractivity contribution is -0.135. The highest BCUT2D eigenvalue weighted by molar-refractivity contribution is 8.18. The van der Waals surface area contributed by atoms with Gasteiger partial charge in [-0.05, 0) is 30.8 Å². The fraction of sp³-hybridized carbons (Fsp3) is 0.318. The molecule has 4 rings (SSSR count). The Hall–Kier alpha value is -2.84. The molecule has 0 radical (unpaired) electrons. The van der Waals surface area contributed by atoms with Gasteiger partial charge in [0.15, 0.2) is 0 Å². The average Bonchev–Trinajstić information content (AvgIpc) is 3.25. The minimum absolute atomic E-state index is 0.0331. The summed E-state index contributed by atoms with van der Waals surface area (Å²) in [5.41, 5.74) is 1.71. The van der Waals surface area contributed by atoms with Crippen LogP contribution in [-0.2, 0) is 20.9 Å². The maximum absolute atomic E-state index is 12.7. The van der Waals surface area contributed by atoms with Crippen LogP contribution in [0.4, 0.5) is 4.79 Å². The van der Waals surface area contributed by atoms with Crippen LogP contribution in [0.5, 0.6) is 0 Å². The Bertz CT molecular complexity index is 1050. The number of benzene rings is 1. The first kappa shape index (κ1) is 20.4. The summed E-state index contributed by atoms with van der Waals surface area (Å²) in [5.74, 6) is -0.288. The van der Waals surface area contributed by atoms with Crippen LogP contribution >= 0.6 is 11.8 Å². The molecule has 2 fully saturated rings. The lowest BCUT2D eigenvalue weighted by atomic mass is 10.1. The zero-order valence-corrected chi connectivity index (χ0v) is 17.6. The van der Waals surface area contributed by atoms with E-state index in [1.165, 1.54) is 4.90 Å². The Kier molecular flexibility index (Phi) is 5.78. The Balaban J connectivity index is 1.65. The van der Waals surface area contributed by atoms with E-state index < -0.39 is 0 Å². The number of hydrogen-bond donors (Lipinski definition) is 0. The summed E-state index contributed by atoms with van der Waals surface area (Å²) in [7, 11) is 0. The first-order valence-electron chi connectivity index (χ1n) is 9.82. The Morgan fingerprint density at radius 3 is 2.73 bits per heavy atom. The van der Waals surface area contributed by atoms with Crippen molar-refractivity contribution in [2.75, 3.05) is 26.3 Å². The highest BCUT2D eigenvalue weighted by Crippen LogP contribution is 2.35. The van der Waals surface area contributed by atoms with Crippen LogP contribution < -0.4 is 0 Å². The molecule has 3 heterocycles. The van der Waals surface area contributed by atoms with Crippen LogP contribution in [0.25, 0.3) is 17.0 Å². The van der Waals surface area contributed by atoms with Crippen LogP contribution in [0.15, 0.2) is 48.0 Å². The molecular formula is C22H23N3O4S. The van der Waals surface area contributed by atoms with Crippen molar-refractivity contribution in [3.8, 4) is 0 Å². The second-order valence-corrected chi connectivity index (χ2v) is 8.24. The fourth-order valence-corrected chi connectivity index (χ4v) is 4.56. The van der Waals surface area contributed by atoms with E-state index in [1.807, 2.05) is 35.0 Å². The number of aromatic nitrogens is 1. The number of imide groups is 1. The minimum Gasteiger partial charge on any atom is -0.378 e. The number of rotatable bonds is 5. The predicted molar refractivity (Wildman–Crippen MR) is 117 cm³/mol. The summed E-state index contributed by atoms with van der Waals surface area (Å²) in [6.45, 7) is 7.95. The van der Waals surface area contributed by atoms with Gasteiger partial charge in [-0.1, -0.05) is 24.3 Å². The summed E-state index contributed by atoms with van der Waals surface area (Å²) in [5, 5.41) is 0.626. The average molecular weight is 426 g/mol. The molecule has 0 bridgehead atoms. The third kappa shape index (κ3) is 3.80. The largest absolute Gasteiger partial charge is 0.378 e. The SMILES string of the molecule is C=CC(C)N1C(=O)S/C(=C\c2cn(CC(=O)N3CCOCC3)c3ccccc23)C1=O. The molecule has 8 heteroatoms. The van der Waals surface area contributed by atoms with Crippen molar-refractivity contribution in [2.24, 2.45) is 0 Å². The summed E-state index contributed by atoms with van der Waals surface area (Å²) >= 11 is 0.927. The number of fused-ring (bicyclic) bond motifs is 1. The molecule has 1 aromatic carbocycles. The van der Waals surface area contributed by atoms with E-state index in [-0.39, 0.29) is 29.6 Å². The standard InChI is InChI=1S/C22H23N3O4S/c1-3-15(2)25-21(27)19(30-22(25)28)12-16-13-24(18-7-5-4-6-17(16)18)14-20(26)23-8-10-29-11-9-23/h3-7,12-13,15H,1,8-11,14H2,2H3/b19-12-. The Morgan fingerprint density at radius 1 is 1.27 bits per heavy atom. The van der Waals surface area contributed by atoms with Crippen LogP contribution in [0.2, 0.25) is 0 Å². The molecule has 30 heavy (non-hydrogen) atoms. The molecule has 3 amide bonds. The van der Waals surface area contributed by atoms with Crippen LogP contribution in [-0.4, -0.2) is 63.8 Å². The van der Waals surface area contributed by atoms with Crippen molar-refractivity contribution in [3.05, 3.63) is 53.6 Å². The molecule has 2 aromatic rings. The van der Waals surface area contributed by atoms with Crippen molar-refractivity contribution < 1.29 is 19.1 Å². The van der Waals surface area contributed by atoms with E-state index in [0.717, 1.165) is 28.2 Å². The molecule has 2 aliphatic heterocycles. The molecule has 0 spiro atoms. The van der Waals surface area contributed by atoms with Gasteiger partial charge in [-0.15, -0.1) is 6.58 Å². The van der Waals surface area contributed by atoms with Crippen molar-refractivity contribution in [1.82, 2.24) is 14.4 Å². The number of ether oxygens (including phenoxy) is 1. The Morgan fingerprint density at radius 2 is 2.00 bits per heavy atom. The maximum atomic E-state index is 12.7. The summed E-state index contributed by atoms with van der Waals surface area (Å²) in [4.78, 5) is 41.1. The molecule has 2 saturated heterocycles. The number of amides is 3. The van der Waals surface area contributed by atoms with Gasteiger partial charge in [0.2, 0.25) is 5.91 Å². The van der Waals surface area contributed by atoms with Gasteiger partial charge < -0.3 is 14.2 Å². The highest BCUT2D eigenvalue weighted by Gasteiger charge is 2.37. The van der Waals surface area contributed by atoms with E-state index >= 15 is 0 Å². The molecular weight excluding hydrogens is 402 g/mol. The molecule has 7 nitrogen and oxygen atoms in total. The topological polar surface area (TPSA) is 71.8 Å². The van der Waals surface area contributed by atoms with Crippen molar-refractivity contribution in [2.45, 2.75) is 19.5 Å². The first-order valence-corrected chi connectivity index (χ1v) is 10.6. The highest BCUT2D eigenvalue weighted by atomic mass is 32.2. The smallest absolute Gasteiger partial charge is 0.294 e. The van der Waals surface area contributed by atoms with E-state index in [9.17, 15) is 14.4 Å². The summed E-state index contributed by atoms with van der Waals surface area (Å²) in [6.07, 6.45) is 5.18. The number of carbonyl (C=O) groups is 3. The van der Waals surface area contributed by atoms with Gasteiger partial charge in [0, 0.05) is 35.8 Å². The molecule has 0 aliphatic carbocycles. The van der Waals surface area contributed by atoms with Crippen molar-refractivity contribution in [3.63, 3.8) is 0 Å². The van der Waals surface area contributed by atoms with Gasteiger partial charge in [-0.3, -0.25) is 19.3 Å². The maximum Gasteiger partial charge on any atom is 0.294 e. The lowest BCUT2D eigenvalue weighted by Crippen LogP contribution is -2.42. The fourth-order valence-electron chi connectivity index (χ4n) is 3.66. The van der Waals surface area contributed by atoms with Crippen molar-refractivity contribution in [1.29, 1.82) is 0 Å². The van der Waals surface area contributed by atoms with Gasteiger partial charge in [0.1, 0.15) is 6.54 Å². The first-order chi connectivity index (χ1) is 14.5. The minimum atomic E-state index is -0.365. The molecule has 1 aromatic heterocycles. The second kappa shape index (κ2) is 8.49. The monoisotopic (exact) mass is 425 g/mol. The van der Waals surface area contributed by atoms with Gasteiger partial charge in [0.25, 0.3) is 11.1 Å². The molecule has 2 aliphatic rings. The number of nitrogens with zero attached hydrogens (tertiary/aromatic N) is 3. The third-order valence-electron chi connectivity index (χ3n) is 5.35. The number of carbonyl (C=O) groups excluding carboxylic acids is 3. The van der Waals surface area contributed by atoms with Crippen LogP contribution in [0.3, 0.4) is 0 Å². The van der Waals surface area contributed by atoms with Gasteiger partial charge in [-0.2, -0.15) is 0 Å². The van der Waals surface area contributed by atoms with E-state index in [0.29, 0.717) is 31.2 Å². The Labute approximate surface area is 178 Å². The van der Waals surface area contributed by atoms with E-state index in [2.05, 4.69) is 6.58 Å². The second-order valence-electron chi connectivity index (χ2n) is 7.25. The third-order valence-corrected chi connectivity index (χ3v) is 6.23. The normalized spacial score (nSPS) is 19.7. The van der Waals surface area contributed by atoms with Crippen LogP contribution in [0, 0.1) is 0 Å². The van der Waals surface area contributed by atoms with E-state index in [4.69, 9.17) is 4.74 Å². The lowest BCUT2D eigenvalue weighted by Gasteiger charge is -2.27. The molecule has 1 unspecified atom stereocenters. The van der Waals surface area contributed by atoms with Gasteiger partial charge in [-0.25, -0.2) is 0 Å². The molecule has 0 saturated carbocycles. The number of thioether (sulfide) groups is 1. The number of para-hydroxylation sites is 1. The quantitative estimate of drug-likeness (QED) is 0.544. The van der Waals surface area contributed by atoms with Gasteiger partial charge in [0.05, 0.1) is 24.2 Å². The zero-order valence-electron chi connectivity index (χ0n) is 16.7. The van der Waals surface area contributed by atoms with E-state index in [1.54, 1.807) is 24.0 Å². The molecule has 0 N–H and O–H groups in total. The van der Waals surface area contributed by atoms with Crippen LogP contribution in [0.1, 0.15) is 12.5 Å².